The molecule has 0 saturated heterocycles. The first-order chi connectivity index (χ1) is 9.29. The molecule has 3 nitrogen and oxygen atoms in total. The SMILES string of the molecule is Cc1nc2cc(-c3ccc4[nH]ccc4c3)ccc2o1. The zero-order chi connectivity index (χ0) is 12.8. The van der Waals surface area contributed by atoms with Crippen molar-refractivity contribution in [2.75, 3.05) is 0 Å². The van der Waals surface area contributed by atoms with Gasteiger partial charge in [0.15, 0.2) is 11.5 Å². The lowest BCUT2D eigenvalue weighted by atomic mass is 10.0. The minimum absolute atomic E-state index is 0.702. The Kier molecular flexibility index (Phi) is 2.03. The summed E-state index contributed by atoms with van der Waals surface area (Å²) in [5.74, 6) is 0.702. The normalized spacial score (nSPS) is 11.4. The van der Waals surface area contributed by atoms with Crippen LogP contribution >= 0.6 is 0 Å². The van der Waals surface area contributed by atoms with Crippen LogP contribution in [-0.2, 0) is 0 Å². The third kappa shape index (κ3) is 1.63. The number of nitrogens with one attached hydrogen (secondary N) is 1. The molecule has 4 rings (SSSR count). The van der Waals surface area contributed by atoms with Gasteiger partial charge in [-0.2, -0.15) is 0 Å². The van der Waals surface area contributed by atoms with Gasteiger partial charge in [0.1, 0.15) is 5.52 Å². The summed E-state index contributed by atoms with van der Waals surface area (Å²) >= 11 is 0. The molecule has 0 spiro atoms. The minimum atomic E-state index is 0.702. The highest BCUT2D eigenvalue weighted by molar-refractivity contribution is 5.87. The Labute approximate surface area is 109 Å². The maximum atomic E-state index is 5.50. The molecule has 4 aromatic rings. The number of hydrogen-bond acceptors (Lipinski definition) is 2. The predicted octanol–water partition coefficient (Wildman–Crippen LogP) is 4.28. The smallest absolute Gasteiger partial charge is 0.192 e. The van der Waals surface area contributed by atoms with E-state index in [1.807, 2.05) is 19.2 Å². The number of fused-ring (bicyclic) bond motifs is 2. The van der Waals surface area contributed by atoms with Gasteiger partial charge < -0.3 is 9.40 Å². The average molecular weight is 248 g/mol. The molecule has 0 aliphatic rings. The lowest BCUT2D eigenvalue weighted by Crippen LogP contribution is -1.78. The van der Waals surface area contributed by atoms with E-state index in [4.69, 9.17) is 4.42 Å². The molecule has 1 N–H and O–H groups in total. The van der Waals surface area contributed by atoms with Crippen LogP contribution in [0.3, 0.4) is 0 Å². The zero-order valence-electron chi connectivity index (χ0n) is 10.5. The molecular weight excluding hydrogens is 236 g/mol. The number of H-pyrrole nitrogens is 1. The molecule has 0 bridgehead atoms. The molecule has 2 heterocycles. The van der Waals surface area contributed by atoms with Gasteiger partial charge in [-0.25, -0.2) is 4.98 Å². The van der Waals surface area contributed by atoms with E-state index in [1.54, 1.807) is 0 Å². The van der Waals surface area contributed by atoms with Gasteiger partial charge in [0, 0.05) is 18.6 Å². The maximum absolute atomic E-state index is 5.50. The first-order valence-electron chi connectivity index (χ1n) is 6.24. The summed E-state index contributed by atoms with van der Waals surface area (Å²) in [6.45, 7) is 1.87. The highest BCUT2D eigenvalue weighted by Gasteiger charge is 2.05. The quantitative estimate of drug-likeness (QED) is 0.546. The van der Waals surface area contributed by atoms with Crippen molar-refractivity contribution in [2.45, 2.75) is 6.92 Å². The van der Waals surface area contributed by atoms with E-state index in [9.17, 15) is 0 Å². The highest BCUT2D eigenvalue weighted by atomic mass is 16.3. The Hall–Kier alpha value is -2.55. The average Bonchev–Trinajstić information content (AvgIpc) is 3.01. The number of benzene rings is 2. The van der Waals surface area contributed by atoms with E-state index in [2.05, 4.69) is 46.4 Å². The topological polar surface area (TPSA) is 41.8 Å². The van der Waals surface area contributed by atoms with Crippen LogP contribution in [0.1, 0.15) is 5.89 Å². The summed E-state index contributed by atoms with van der Waals surface area (Å²) in [6, 6.07) is 14.6. The largest absolute Gasteiger partial charge is 0.441 e. The third-order valence-corrected chi connectivity index (χ3v) is 3.38. The fourth-order valence-electron chi connectivity index (χ4n) is 2.46. The molecular formula is C16H12N2O. The van der Waals surface area contributed by atoms with Crippen LogP contribution in [0.2, 0.25) is 0 Å². The van der Waals surface area contributed by atoms with Crippen molar-refractivity contribution in [3.63, 3.8) is 0 Å². The van der Waals surface area contributed by atoms with Crippen molar-refractivity contribution in [1.82, 2.24) is 9.97 Å². The van der Waals surface area contributed by atoms with Gasteiger partial charge in [-0.05, 0) is 46.8 Å². The van der Waals surface area contributed by atoms with E-state index < -0.39 is 0 Å². The van der Waals surface area contributed by atoms with E-state index in [1.165, 1.54) is 10.9 Å². The van der Waals surface area contributed by atoms with E-state index in [-0.39, 0.29) is 0 Å². The van der Waals surface area contributed by atoms with Crippen LogP contribution in [0.4, 0.5) is 0 Å². The summed E-state index contributed by atoms with van der Waals surface area (Å²) < 4.78 is 5.50. The Morgan fingerprint density at radius 2 is 1.84 bits per heavy atom. The lowest BCUT2D eigenvalue weighted by Gasteiger charge is -2.01. The second-order valence-electron chi connectivity index (χ2n) is 4.70. The number of hydrogen-bond donors (Lipinski definition) is 1. The van der Waals surface area contributed by atoms with Crippen molar-refractivity contribution in [2.24, 2.45) is 0 Å². The second-order valence-corrected chi connectivity index (χ2v) is 4.70. The van der Waals surface area contributed by atoms with Crippen molar-refractivity contribution < 1.29 is 4.42 Å². The summed E-state index contributed by atoms with van der Waals surface area (Å²) in [7, 11) is 0. The number of oxazole rings is 1. The minimum Gasteiger partial charge on any atom is -0.441 e. The summed E-state index contributed by atoms with van der Waals surface area (Å²) in [5.41, 5.74) is 5.24. The van der Waals surface area contributed by atoms with Gasteiger partial charge in [0.25, 0.3) is 0 Å². The zero-order valence-corrected chi connectivity index (χ0v) is 10.5. The van der Waals surface area contributed by atoms with Crippen LogP contribution in [0.15, 0.2) is 53.1 Å². The first kappa shape index (κ1) is 10.4. The molecule has 0 radical (unpaired) electrons. The van der Waals surface area contributed by atoms with Crippen molar-refractivity contribution in [3.05, 3.63) is 54.6 Å². The number of aryl methyl sites for hydroxylation is 1. The van der Waals surface area contributed by atoms with E-state index in [0.717, 1.165) is 22.2 Å². The molecule has 0 fully saturated rings. The van der Waals surface area contributed by atoms with E-state index in [0.29, 0.717) is 5.89 Å². The Bertz CT molecular complexity index is 886. The van der Waals surface area contributed by atoms with Gasteiger partial charge in [0.05, 0.1) is 0 Å². The van der Waals surface area contributed by atoms with Crippen molar-refractivity contribution in [1.29, 1.82) is 0 Å². The molecule has 0 aliphatic carbocycles. The fraction of sp³-hybridized carbons (Fsp3) is 0.0625. The van der Waals surface area contributed by atoms with Crippen LogP contribution in [0.5, 0.6) is 0 Å². The molecule has 0 unspecified atom stereocenters. The summed E-state index contributed by atoms with van der Waals surface area (Å²) in [4.78, 5) is 7.58. The standard InChI is InChI=1S/C16H12N2O/c1-10-18-15-9-12(3-5-16(15)19-10)11-2-4-14-13(8-11)6-7-17-14/h2-9,17H,1H3. The van der Waals surface area contributed by atoms with Crippen LogP contribution < -0.4 is 0 Å². The summed E-state index contributed by atoms with van der Waals surface area (Å²) in [5, 5.41) is 1.22. The van der Waals surface area contributed by atoms with Gasteiger partial charge >= 0.3 is 0 Å². The van der Waals surface area contributed by atoms with Gasteiger partial charge in [-0.1, -0.05) is 12.1 Å². The second kappa shape index (κ2) is 3.72. The fourth-order valence-corrected chi connectivity index (χ4v) is 2.46. The third-order valence-electron chi connectivity index (χ3n) is 3.38. The number of nitrogens with zero attached hydrogens (tertiary/aromatic N) is 1. The van der Waals surface area contributed by atoms with Crippen LogP contribution in [-0.4, -0.2) is 9.97 Å². The number of rotatable bonds is 1. The van der Waals surface area contributed by atoms with Gasteiger partial charge in [-0.15, -0.1) is 0 Å². The Morgan fingerprint density at radius 1 is 1.00 bits per heavy atom. The molecule has 3 heteroatoms. The number of aromatic amines is 1. The summed E-state index contributed by atoms with van der Waals surface area (Å²) in [6.07, 6.45) is 1.96. The molecule has 2 aromatic heterocycles. The molecule has 0 aliphatic heterocycles. The van der Waals surface area contributed by atoms with Crippen molar-refractivity contribution >= 4 is 22.0 Å². The van der Waals surface area contributed by atoms with E-state index >= 15 is 0 Å². The van der Waals surface area contributed by atoms with Crippen LogP contribution in [0.25, 0.3) is 33.1 Å². The Balaban J connectivity index is 1.91. The first-order valence-corrected chi connectivity index (χ1v) is 6.24. The van der Waals surface area contributed by atoms with Gasteiger partial charge in [-0.3, -0.25) is 0 Å². The lowest BCUT2D eigenvalue weighted by molar-refractivity contribution is 0.561. The van der Waals surface area contributed by atoms with Crippen molar-refractivity contribution in [3.8, 4) is 11.1 Å². The maximum Gasteiger partial charge on any atom is 0.192 e. The number of aromatic nitrogens is 2. The molecule has 0 atom stereocenters. The Morgan fingerprint density at radius 3 is 2.79 bits per heavy atom. The molecule has 0 amide bonds. The predicted molar refractivity (Wildman–Crippen MR) is 76.0 cm³/mol. The molecule has 19 heavy (non-hydrogen) atoms. The van der Waals surface area contributed by atoms with Crippen LogP contribution in [0, 0.1) is 6.92 Å². The molecule has 2 aromatic carbocycles. The highest BCUT2D eigenvalue weighted by Crippen LogP contribution is 2.27. The monoisotopic (exact) mass is 248 g/mol. The molecule has 92 valence electrons. The van der Waals surface area contributed by atoms with Gasteiger partial charge in [0.2, 0.25) is 0 Å². The molecule has 0 saturated carbocycles.